The van der Waals surface area contributed by atoms with E-state index in [1.165, 1.54) is 69.8 Å². The zero-order valence-corrected chi connectivity index (χ0v) is 14.9. The Hall–Kier alpha value is 0.440. The quantitative estimate of drug-likeness (QED) is 0.399. The summed E-state index contributed by atoms with van der Waals surface area (Å²) < 4.78 is 0. The van der Waals surface area contributed by atoms with Crippen LogP contribution >= 0.6 is 15.9 Å². The van der Waals surface area contributed by atoms with Gasteiger partial charge in [0.15, 0.2) is 0 Å². The van der Waals surface area contributed by atoms with Gasteiger partial charge in [-0.25, -0.2) is 0 Å². The predicted molar refractivity (Wildman–Crippen MR) is 90.1 cm³/mol. The lowest BCUT2D eigenvalue weighted by Gasteiger charge is -2.41. The zero-order chi connectivity index (χ0) is 14.1. The van der Waals surface area contributed by atoms with Crippen LogP contribution in [0.5, 0.6) is 0 Å². The van der Waals surface area contributed by atoms with Crippen molar-refractivity contribution >= 4 is 15.9 Å². The van der Waals surface area contributed by atoms with Crippen molar-refractivity contribution in [2.75, 3.05) is 18.4 Å². The van der Waals surface area contributed by atoms with Crippen LogP contribution < -0.4 is 0 Å². The first kappa shape index (κ1) is 17.5. The highest BCUT2D eigenvalue weighted by atomic mass is 79.9. The molecule has 2 heteroatoms. The maximum atomic E-state index is 3.50. The number of likely N-dealkylation sites (tertiary alicyclic amines) is 1. The molecule has 1 aliphatic rings. The number of alkyl halides is 1. The van der Waals surface area contributed by atoms with E-state index in [1.807, 2.05) is 0 Å². The molecule has 1 fully saturated rings. The average Bonchev–Trinajstić information content (AvgIpc) is 2.38. The van der Waals surface area contributed by atoms with Crippen LogP contribution in [0.25, 0.3) is 0 Å². The fraction of sp³-hybridized carbons (Fsp3) is 1.00. The Morgan fingerprint density at radius 2 is 1.47 bits per heavy atom. The summed E-state index contributed by atoms with van der Waals surface area (Å²) in [5.74, 6) is 1.78. The fourth-order valence-corrected chi connectivity index (χ4v) is 3.82. The van der Waals surface area contributed by atoms with Crippen LogP contribution in [0.15, 0.2) is 0 Å². The Bertz CT molecular complexity index is 219. The van der Waals surface area contributed by atoms with Gasteiger partial charge >= 0.3 is 0 Å². The van der Waals surface area contributed by atoms with Crippen LogP contribution in [0, 0.1) is 11.8 Å². The summed E-state index contributed by atoms with van der Waals surface area (Å²) in [5.41, 5.74) is 0. The molecule has 19 heavy (non-hydrogen) atoms. The Kier molecular flexibility index (Phi) is 9.40. The number of nitrogens with zero attached hydrogens (tertiary/aromatic N) is 1. The normalized spacial score (nSPS) is 28.7. The van der Waals surface area contributed by atoms with Gasteiger partial charge in [0.25, 0.3) is 0 Å². The molecule has 1 rings (SSSR count). The minimum absolute atomic E-state index is 0.801. The van der Waals surface area contributed by atoms with Gasteiger partial charge in [-0.15, -0.1) is 0 Å². The van der Waals surface area contributed by atoms with E-state index in [9.17, 15) is 0 Å². The summed E-state index contributed by atoms with van der Waals surface area (Å²) in [7, 11) is 0. The summed E-state index contributed by atoms with van der Waals surface area (Å²) in [4.78, 5) is 2.74. The van der Waals surface area contributed by atoms with Crippen LogP contribution in [-0.4, -0.2) is 29.4 Å². The molecule has 114 valence electrons. The van der Waals surface area contributed by atoms with Crippen molar-refractivity contribution < 1.29 is 0 Å². The molecule has 0 aromatic carbocycles. The Morgan fingerprint density at radius 3 is 2.11 bits per heavy atom. The monoisotopic (exact) mass is 331 g/mol. The van der Waals surface area contributed by atoms with E-state index in [0.29, 0.717) is 0 Å². The van der Waals surface area contributed by atoms with Crippen LogP contribution in [0.2, 0.25) is 0 Å². The number of hydrogen-bond donors (Lipinski definition) is 0. The van der Waals surface area contributed by atoms with Gasteiger partial charge in [-0.1, -0.05) is 61.9 Å². The SMILES string of the molecule is CC1CC(C)C(C)N(CCCCCCCCCBr)C1. The molecule has 0 spiro atoms. The molecule has 0 saturated carbocycles. The lowest BCUT2D eigenvalue weighted by Crippen LogP contribution is -2.45. The van der Waals surface area contributed by atoms with Gasteiger partial charge in [-0.05, 0) is 44.6 Å². The van der Waals surface area contributed by atoms with Crippen LogP contribution in [-0.2, 0) is 0 Å². The highest BCUT2D eigenvalue weighted by Gasteiger charge is 2.27. The van der Waals surface area contributed by atoms with Gasteiger partial charge in [0.2, 0.25) is 0 Å². The molecule has 1 heterocycles. The van der Waals surface area contributed by atoms with E-state index in [-0.39, 0.29) is 0 Å². The summed E-state index contributed by atoms with van der Waals surface area (Å²) in [6, 6.07) is 0.801. The van der Waals surface area contributed by atoms with Crippen LogP contribution in [0.1, 0.15) is 72.1 Å². The van der Waals surface area contributed by atoms with E-state index in [0.717, 1.165) is 17.9 Å². The summed E-state index contributed by atoms with van der Waals surface area (Å²) in [5, 5.41) is 1.18. The second-order valence-corrected chi connectivity index (χ2v) is 7.51. The minimum atomic E-state index is 0.801. The number of rotatable bonds is 9. The number of piperidine rings is 1. The number of halogens is 1. The molecule has 0 bridgehead atoms. The maximum Gasteiger partial charge on any atom is 0.00927 e. The van der Waals surface area contributed by atoms with Crippen molar-refractivity contribution in [3.8, 4) is 0 Å². The zero-order valence-electron chi connectivity index (χ0n) is 13.3. The molecule has 0 radical (unpaired) electrons. The smallest absolute Gasteiger partial charge is 0.00927 e. The van der Waals surface area contributed by atoms with Gasteiger partial charge in [-0.3, -0.25) is 0 Å². The first-order chi connectivity index (χ1) is 9.15. The topological polar surface area (TPSA) is 3.24 Å². The highest BCUT2D eigenvalue weighted by Crippen LogP contribution is 2.27. The lowest BCUT2D eigenvalue weighted by atomic mass is 9.86. The summed E-state index contributed by atoms with van der Waals surface area (Å²) in [6.45, 7) is 9.93. The third kappa shape index (κ3) is 7.13. The fourth-order valence-electron chi connectivity index (χ4n) is 3.42. The van der Waals surface area contributed by atoms with E-state index in [4.69, 9.17) is 0 Å². The Morgan fingerprint density at radius 1 is 0.895 bits per heavy atom. The van der Waals surface area contributed by atoms with E-state index in [2.05, 4.69) is 41.6 Å². The molecule has 1 saturated heterocycles. The molecule has 3 atom stereocenters. The number of unbranched alkanes of at least 4 members (excludes halogenated alkanes) is 6. The molecule has 1 nitrogen and oxygen atoms in total. The van der Waals surface area contributed by atoms with E-state index in [1.54, 1.807) is 0 Å². The Balaban J connectivity index is 2.02. The average molecular weight is 332 g/mol. The first-order valence-corrected chi connectivity index (χ1v) is 9.57. The molecule has 1 aliphatic heterocycles. The lowest BCUT2D eigenvalue weighted by molar-refractivity contribution is 0.0780. The van der Waals surface area contributed by atoms with Gasteiger partial charge in [-0.2, -0.15) is 0 Å². The number of hydrogen-bond acceptors (Lipinski definition) is 1. The molecular formula is C17H34BrN. The van der Waals surface area contributed by atoms with Crippen molar-refractivity contribution in [3.05, 3.63) is 0 Å². The standard InChI is InChI=1S/C17H34BrN/c1-15-13-16(2)17(3)19(14-15)12-10-8-6-4-5-7-9-11-18/h15-17H,4-14H2,1-3H3. The van der Waals surface area contributed by atoms with Gasteiger partial charge in [0, 0.05) is 17.9 Å². The third-order valence-corrected chi connectivity index (χ3v) is 5.36. The molecule has 0 aromatic heterocycles. The molecule has 0 N–H and O–H groups in total. The second kappa shape index (κ2) is 10.2. The molecular weight excluding hydrogens is 298 g/mol. The van der Waals surface area contributed by atoms with Crippen molar-refractivity contribution in [1.82, 2.24) is 4.90 Å². The summed E-state index contributed by atoms with van der Waals surface area (Å²) >= 11 is 3.50. The summed E-state index contributed by atoms with van der Waals surface area (Å²) in [6.07, 6.45) is 11.3. The van der Waals surface area contributed by atoms with Crippen molar-refractivity contribution in [2.45, 2.75) is 78.2 Å². The van der Waals surface area contributed by atoms with E-state index < -0.39 is 0 Å². The van der Waals surface area contributed by atoms with Gasteiger partial charge < -0.3 is 4.90 Å². The van der Waals surface area contributed by atoms with Crippen LogP contribution in [0.4, 0.5) is 0 Å². The first-order valence-electron chi connectivity index (χ1n) is 8.45. The van der Waals surface area contributed by atoms with E-state index >= 15 is 0 Å². The van der Waals surface area contributed by atoms with Crippen LogP contribution in [0.3, 0.4) is 0 Å². The molecule has 0 aromatic rings. The Labute approximate surface area is 129 Å². The largest absolute Gasteiger partial charge is 0.300 e. The minimum Gasteiger partial charge on any atom is -0.300 e. The van der Waals surface area contributed by atoms with Crippen molar-refractivity contribution in [2.24, 2.45) is 11.8 Å². The third-order valence-electron chi connectivity index (χ3n) is 4.80. The second-order valence-electron chi connectivity index (χ2n) is 6.72. The van der Waals surface area contributed by atoms with Crippen molar-refractivity contribution in [3.63, 3.8) is 0 Å². The van der Waals surface area contributed by atoms with Crippen molar-refractivity contribution in [1.29, 1.82) is 0 Å². The molecule has 0 aliphatic carbocycles. The molecule has 3 unspecified atom stereocenters. The maximum absolute atomic E-state index is 3.50. The highest BCUT2D eigenvalue weighted by molar-refractivity contribution is 9.09. The van der Waals surface area contributed by atoms with Gasteiger partial charge in [0.05, 0.1) is 0 Å². The van der Waals surface area contributed by atoms with Gasteiger partial charge in [0.1, 0.15) is 0 Å². The predicted octanol–water partition coefficient (Wildman–Crippen LogP) is 5.48. The molecule has 0 amide bonds.